The number of hydrogen-bond donors (Lipinski definition) is 1. The van der Waals surface area contributed by atoms with E-state index in [1.165, 1.54) is 25.4 Å². The molecule has 0 saturated heterocycles. The van der Waals surface area contributed by atoms with Crippen LogP contribution in [-0.2, 0) is 11.3 Å². The zero-order valence-electron chi connectivity index (χ0n) is 10.00. The van der Waals surface area contributed by atoms with Crippen molar-refractivity contribution in [1.82, 2.24) is 10.3 Å². The summed E-state index contributed by atoms with van der Waals surface area (Å²) in [5, 5.41) is 2.18. The molecule has 1 N–H and O–H groups in total. The van der Waals surface area contributed by atoms with Crippen LogP contribution in [0, 0.1) is 0 Å². The molecule has 0 aliphatic carbocycles. The first-order valence-corrected chi connectivity index (χ1v) is 5.26. The largest absolute Gasteiger partial charge is 0.465 e. The van der Waals surface area contributed by atoms with Crippen LogP contribution in [0.4, 0.5) is 17.6 Å². The van der Waals surface area contributed by atoms with E-state index in [1.807, 2.05) is 0 Å². The van der Waals surface area contributed by atoms with Crippen LogP contribution in [0.3, 0.4) is 0 Å². The van der Waals surface area contributed by atoms with E-state index in [4.69, 9.17) is 0 Å². The third-order valence-electron chi connectivity index (χ3n) is 2.23. The maximum atomic E-state index is 12.6. The van der Waals surface area contributed by atoms with Crippen LogP contribution in [-0.4, -0.2) is 37.0 Å². The molecule has 0 aromatic carbocycles. The monoisotopic (exact) mass is 280 g/mol. The second-order valence-corrected chi connectivity index (χ2v) is 3.70. The van der Waals surface area contributed by atoms with Gasteiger partial charge in [0.1, 0.15) is 0 Å². The first-order valence-electron chi connectivity index (χ1n) is 5.26. The minimum atomic E-state index is -4.08. The lowest BCUT2D eigenvalue weighted by atomic mass is 10.2. The summed E-state index contributed by atoms with van der Waals surface area (Å²) in [6.45, 7) is -1.26. The second-order valence-electron chi connectivity index (χ2n) is 3.70. The Balaban J connectivity index is 2.49. The third-order valence-corrected chi connectivity index (χ3v) is 2.23. The van der Waals surface area contributed by atoms with Gasteiger partial charge in [0.2, 0.25) is 0 Å². The summed E-state index contributed by atoms with van der Waals surface area (Å²) in [6.07, 6.45) is -2.50. The Morgan fingerprint density at radius 3 is 2.63 bits per heavy atom. The van der Waals surface area contributed by atoms with E-state index in [-0.39, 0.29) is 12.1 Å². The summed E-state index contributed by atoms with van der Waals surface area (Å²) >= 11 is 0. The number of halogens is 4. The number of aromatic nitrogens is 1. The van der Waals surface area contributed by atoms with Gasteiger partial charge < -0.3 is 10.1 Å². The summed E-state index contributed by atoms with van der Waals surface area (Å²) in [7, 11) is 1.21. The van der Waals surface area contributed by atoms with Crippen LogP contribution >= 0.6 is 0 Å². The van der Waals surface area contributed by atoms with E-state index in [0.29, 0.717) is 5.69 Å². The molecule has 0 radical (unpaired) electrons. The summed E-state index contributed by atoms with van der Waals surface area (Å²) in [5.74, 6) is -4.65. The number of carbonyl (C=O) groups excluding carboxylic acids is 1. The van der Waals surface area contributed by atoms with Crippen LogP contribution in [0.5, 0.6) is 0 Å². The highest BCUT2D eigenvalue weighted by molar-refractivity contribution is 5.88. The average Bonchev–Trinajstić information content (AvgIpc) is 2.38. The predicted octanol–water partition coefficient (Wildman–Crippen LogP) is 1.86. The maximum absolute atomic E-state index is 12.6. The number of ether oxygens (including phenoxy) is 1. The van der Waals surface area contributed by atoms with Gasteiger partial charge in [-0.3, -0.25) is 4.98 Å². The van der Waals surface area contributed by atoms with Gasteiger partial charge in [-0.2, -0.15) is 8.78 Å². The average molecular weight is 280 g/mol. The van der Waals surface area contributed by atoms with Gasteiger partial charge in [-0.05, 0) is 12.1 Å². The van der Waals surface area contributed by atoms with Crippen LogP contribution in [0.1, 0.15) is 16.1 Å². The molecule has 19 heavy (non-hydrogen) atoms. The number of esters is 1. The molecule has 0 bridgehead atoms. The van der Waals surface area contributed by atoms with Crippen molar-refractivity contribution in [3.63, 3.8) is 0 Å². The van der Waals surface area contributed by atoms with E-state index < -0.39 is 24.9 Å². The minimum Gasteiger partial charge on any atom is -0.465 e. The molecule has 106 valence electrons. The standard InChI is InChI=1S/C11H12F4N2O2/c1-19-9(18)7-2-3-8(17-4-7)5-16-6-11(14,15)10(12)13/h2-4,10,16H,5-6H2,1H3. The van der Waals surface area contributed by atoms with Crippen LogP contribution < -0.4 is 5.32 Å². The third kappa shape index (κ3) is 4.47. The highest BCUT2D eigenvalue weighted by Crippen LogP contribution is 2.21. The molecular weight excluding hydrogens is 268 g/mol. The normalized spacial score (nSPS) is 11.7. The Labute approximate surface area is 106 Å². The molecule has 1 aromatic heterocycles. The molecule has 0 fully saturated rings. The lowest BCUT2D eigenvalue weighted by molar-refractivity contribution is -0.125. The van der Waals surface area contributed by atoms with Crippen LogP contribution in [0.2, 0.25) is 0 Å². The van der Waals surface area contributed by atoms with Gasteiger partial charge in [0, 0.05) is 12.7 Å². The Kier molecular flexibility index (Phi) is 5.22. The Bertz CT molecular complexity index is 423. The van der Waals surface area contributed by atoms with E-state index in [9.17, 15) is 22.4 Å². The van der Waals surface area contributed by atoms with Crippen molar-refractivity contribution in [2.75, 3.05) is 13.7 Å². The molecule has 0 amide bonds. The Morgan fingerprint density at radius 1 is 1.47 bits per heavy atom. The maximum Gasteiger partial charge on any atom is 0.339 e. The molecule has 0 atom stereocenters. The molecule has 1 aromatic rings. The zero-order chi connectivity index (χ0) is 14.5. The number of alkyl halides is 4. The van der Waals surface area contributed by atoms with Crippen LogP contribution in [0.25, 0.3) is 0 Å². The van der Waals surface area contributed by atoms with Crippen molar-refractivity contribution in [2.24, 2.45) is 0 Å². The van der Waals surface area contributed by atoms with Gasteiger partial charge in [-0.25, -0.2) is 13.6 Å². The Morgan fingerprint density at radius 2 is 2.16 bits per heavy atom. The van der Waals surface area contributed by atoms with E-state index >= 15 is 0 Å². The van der Waals surface area contributed by atoms with Gasteiger partial charge in [-0.15, -0.1) is 0 Å². The van der Waals surface area contributed by atoms with Gasteiger partial charge in [0.25, 0.3) is 0 Å². The minimum absolute atomic E-state index is 0.107. The van der Waals surface area contributed by atoms with Gasteiger partial charge in [0.15, 0.2) is 0 Å². The quantitative estimate of drug-likeness (QED) is 0.638. The fourth-order valence-corrected chi connectivity index (χ4v) is 1.20. The lowest BCUT2D eigenvalue weighted by Crippen LogP contribution is -2.38. The number of carbonyl (C=O) groups is 1. The molecule has 0 aliphatic heterocycles. The van der Waals surface area contributed by atoms with Crippen molar-refractivity contribution in [3.05, 3.63) is 29.6 Å². The van der Waals surface area contributed by atoms with Crippen molar-refractivity contribution >= 4 is 5.97 Å². The Hall–Kier alpha value is -1.70. The van der Waals surface area contributed by atoms with Crippen molar-refractivity contribution in [2.45, 2.75) is 18.9 Å². The first-order chi connectivity index (χ1) is 8.86. The van der Waals surface area contributed by atoms with Gasteiger partial charge in [-0.1, -0.05) is 0 Å². The predicted molar refractivity (Wildman–Crippen MR) is 58.2 cm³/mol. The van der Waals surface area contributed by atoms with Crippen LogP contribution in [0.15, 0.2) is 18.3 Å². The summed E-state index contributed by atoms with van der Waals surface area (Å²) in [5.41, 5.74) is 0.557. The van der Waals surface area contributed by atoms with Crippen molar-refractivity contribution in [1.29, 1.82) is 0 Å². The molecular formula is C11H12F4N2O2. The summed E-state index contributed by atoms with van der Waals surface area (Å²) in [4.78, 5) is 14.9. The number of pyridine rings is 1. The zero-order valence-corrected chi connectivity index (χ0v) is 10.00. The fraction of sp³-hybridized carbons (Fsp3) is 0.455. The number of rotatable bonds is 6. The highest BCUT2D eigenvalue weighted by Gasteiger charge is 2.39. The fourth-order valence-electron chi connectivity index (χ4n) is 1.20. The second kappa shape index (κ2) is 6.46. The molecule has 8 heteroatoms. The molecule has 1 rings (SSSR count). The molecule has 0 spiro atoms. The first kappa shape index (κ1) is 15.4. The molecule has 0 saturated carbocycles. The molecule has 4 nitrogen and oxygen atoms in total. The summed E-state index contributed by atoms with van der Waals surface area (Å²) in [6, 6.07) is 2.82. The molecule has 1 heterocycles. The topological polar surface area (TPSA) is 51.2 Å². The number of nitrogens with zero attached hydrogens (tertiary/aromatic N) is 1. The van der Waals surface area contributed by atoms with E-state index in [0.717, 1.165) is 0 Å². The number of hydrogen-bond acceptors (Lipinski definition) is 4. The summed E-state index contributed by atoms with van der Waals surface area (Å²) < 4.78 is 53.3. The SMILES string of the molecule is COC(=O)c1ccc(CNCC(F)(F)C(F)F)nc1. The van der Waals surface area contributed by atoms with Gasteiger partial charge >= 0.3 is 18.3 Å². The number of nitrogens with one attached hydrogen (secondary N) is 1. The number of methoxy groups -OCH3 is 1. The van der Waals surface area contributed by atoms with E-state index in [1.54, 1.807) is 0 Å². The smallest absolute Gasteiger partial charge is 0.339 e. The van der Waals surface area contributed by atoms with Crippen molar-refractivity contribution in [3.8, 4) is 0 Å². The van der Waals surface area contributed by atoms with Gasteiger partial charge in [0.05, 0.1) is 24.9 Å². The molecule has 0 aliphatic rings. The molecule has 0 unspecified atom stereocenters. The lowest BCUT2D eigenvalue weighted by Gasteiger charge is -2.15. The van der Waals surface area contributed by atoms with Crippen molar-refractivity contribution < 1.29 is 27.1 Å². The van der Waals surface area contributed by atoms with E-state index in [2.05, 4.69) is 15.0 Å². The highest BCUT2D eigenvalue weighted by atomic mass is 19.3.